The van der Waals surface area contributed by atoms with Crippen LogP contribution in [0.25, 0.3) is 6.08 Å². The Bertz CT molecular complexity index is 1070. The number of nitro benzene ring substituents is 1. The number of phenols is 1. The normalized spacial score (nSPS) is 18.9. The first-order valence-electron chi connectivity index (χ1n) is 8.14. The Hall–Kier alpha value is -4.21. The summed E-state index contributed by atoms with van der Waals surface area (Å²) in [6.45, 7) is 0. The molecule has 0 saturated carbocycles. The van der Waals surface area contributed by atoms with Crippen molar-refractivity contribution in [1.82, 2.24) is 0 Å². The van der Waals surface area contributed by atoms with E-state index in [0.29, 0.717) is 11.3 Å². The van der Waals surface area contributed by atoms with Crippen molar-refractivity contribution in [3.8, 4) is 17.9 Å². The van der Waals surface area contributed by atoms with E-state index < -0.39 is 28.4 Å². The summed E-state index contributed by atoms with van der Waals surface area (Å²) in [5.41, 5.74) is 6.88. The molecule has 0 spiro atoms. The summed E-state index contributed by atoms with van der Waals surface area (Å²) in [4.78, 5) is 10.3. The zero-order valence-electron chi connectivity index (χ0n) is 14.4. The van der Waals surface area contributed by atoms with E-state index >= 15 is 0 Å². The Labute approximate surface area is 160 Å². The summed E-state index contributed by atoms with van der Waals surface area (Å²) < 4.78 is 0. The number of hydrazone groups is 1. The molecule has 0 amide bonds. The topological polar surface area (TPSA) is 153 Å². The van der Waals surface area contributed by atoms with E-state index in [-0.39, 0.29) is 11.3 Å². The summed E-state index contributed by atoms with van der Waals surface area (Å²) in [7, 11) is 0. The van der Waals surface area contributed by atoms with Gasteiger partial charge in [0.1, 0.15) is 18.2 Å². The van der Waals surface area contributed by atoms with E-state index in [0.717, 1.165) is 6.07 Å². The number of aromatic hydroxyl groups is 1. The summed E-state index contributed by atoms with van der Waals surface area (Å²) >= 11 is 0. The number of nitriles is 2. The Balaban J connectivity index is 2.05. The first-order chi connectivity index (χ1) is 13.5. The second-order valence-corrected chi connectivity index (χ2v) is 5.94. The monoisotopic (exact) mass is 374 g/mol. The molecular weight excluding hydrogens is 360 g/mol. The minimum Gasteiger partial charge on any atom is -0.502 e. The van der Waals surface area contributed by atoms with Gasteiger partial charge in [0.05, 0.1) is 28.0 Å². The van der Waals surface area contributed by atoms with Crippen LogP contribution in [-0.4, -0.2) is 21.9 Å². The molecule has 2 aromatic carbocycles. The van der Waals surface area contributed by atoms with Crippen LogP contribution in [0, 0.1) is 38.7 Å². The van der Waals surface area contributed by atoms with Crippen LogP contribution >= 0.6 is 0 Å². The lowest BCUT2D eigenvalue weighted by Gasteiger charge is -2.21. The fraction of sp³-hybridized carbons (Fsp3) is 0.105. The molecule has 2 atom stereocenters. The second kappa shape index (κ2) is 7.58. The molecule has 28 heavy (non-hydrogen) atoms. The summed E-state index contributed by atoms with van der Waals surface area (Å²) in [6, 6.07) is 16.8. The number of phenolic OH excluding ortho intramolecular Hbond substituents is 1. The second-order valence-electron chi connectivity index (χ2n) is 5.94. The van der Waals surface area contributed by atoms with Crippen LogP contribution in [0.5, 0.6) is 5.75 Å². The van der Waals surface area contributed by atoms with E-state index in [9.17, 15) is 25.7 Å². The molecule has 9 nitrogen and oxygen atoms in total. The summed E-state index contributed by atoms with van der Waals surface area (Å²) in [6.07, 6.45) is 0.588. The van der Waals surface area contributed by atoms with Gasteiger partial charge in [-0.25, -0.2) is 5.01 Å². The number of hydrogen-bond donors (Lipinski definition) is 2. The zero-order valence-corrected chi connectivity index (χ0v) is 14.4. The van der Waals surface area contributed by atoms with E-state index in [2.05, 4.69) is 11.2 Å². The molecule has 138 valence electrons. The van der Waals surface area contributed by atoms with Gasteiger partial charge in [0.2, 0.25) is 0 Å². The highest BCUT2D eigenvalue weighted by Crippen LogP contribution is 2.30. The Morgan fingerprint density at radius 2 is 2.00 bits per heavy atom. The van der Waals surface area contributed by atoms with Crippen molar-refractivity contribution in [3.63, 3.8) is 0 Å². The van der Waals surface area contributed by atoms with Crippen molar-refractivity contribution in [2.75, 3.05) is 5.01 Å². The zero-order chi connectivity index (χ0) is 20.3. The highest BCUT2D eigenvalue weighted by molar-refractivity contribution is 6.11. The SMILES string of the molecule is N#C/C(=C/c1ccc(O)c([N+](=O)[O-])c1)C1=NN(c2ccccc2)[C@@H](N)[C@@H]1C#N. The predicted octanol–water partition coefficient (Wildman–Crippen LogP) is 2.51. The van der Waals surface area contributed by atoms with Crippen LogP contribution in [-0.2, 0) is 0 Å². The van der Waals surface area contributed by atoms with Gasteiger partial charge in [-0.05, 0) is 29.8 Å². The van der Waals surface area contributed by atoms with Crippen LogP contribution in [0.1, 0.15) is 5.56 Å². The summed E-state index contributed by atoms with van der Waals surface area (Å²) in [5.74, 6) is -1.34. The minimum atomic E-state index is -0.863. The molecule has 2 aromatic rings. The Kier molecular flexibility index (Phi) is 5.03. The van der Waals surface area contributed by atoms with Gasteiger partial charge >= 0.3 is 5.69 Å². The maximum absolute atomic E-state index is 11.0. The van der Waals surface area contributed by atoms with E-state index in [1.165, 1.54) is 23.2 Å². The minimum absolute atomic E-state index is 0.0559. The number of para-hydroxylation sites is 1. The fourth-order valence-electron chi connectivity index (χ4n) is 2.82. The molecule has 0 unspecified atom stereocenters. The lowest BCUT2D eigenvalue weighted by molar-refractivity contribution is -0.385. The van der Waals surface area contributed by atoms with Gasteiger partial charge in [-0.2, -0.15) is 15.6 Å². The highest BCUT2D eigenvalue weighted by atomic mass is 16.6. The van der Waals surface area contributed by atoms with E-state index in [4.69, 9.17) is 5.73 Å². The quantitative estimate of drug-likeness (QED) is 0.473. The number of benzene rings is 2. The molecule has 9 heteroatoms. The molecule has 0 radical (unpaired) electrons. The molecule has 0 aromatic heterocycles. The van der Waals surface area contributed by atoms with Gasteiger partial charge in [0, 0.05) is 6.07 Å². The van der Waals surface area contributed by atoms with Gasteiger partial charge < -0.3 is 10.8 Å². The van der Waals surface area contributed by atoms with Crippen molar-refractivity contribution in [2.24, 2.45) is 16.8 Å². The fourth-order valence-corrected chi connectivity index (χ4v) is 2.82. The maximum Gasteiger partial charge on any atom is 0.311 e. The van der Waals surface area contributed by atoms with E-state index in [1.807, 2.05) is 12.1 Å². The van der Waals surface area contributed by atoms with Gasteiger partial charge in [-0.15, -0.1) is 0 Å². The third kappa shape index (κ3) is 3.38. The molecule has 0 aliphatic carbocycles. The van der Waals surface area contributed by atoms with Crippen LogP contribution in [0.15, 0.2) is 59.2 Å². The Morgan fingerprint density at radius 1 is 1.29 bits per heavy atom. The standard InChI is InChI=1S/C19H14N6O3/c20-10-13(8-12-6-7-17(26)16(9-12)25(27)28)18-15(11-21)19(22)24(23-18)14-4-2-1-3-5-14/h1-9,15,19,26H,22H2/b13-8-/t15-,19-/m1/s1. The lowest BCUT2D eigenvalue weighted by atomic mass is 9.95. The molecule has 3 N–H and O–H groups in total. The number of hydrogen-bond acceptors (Lipinski definition) is 8. The highest BCUT2D eigenvalue weighted by Gasteiger charge is 2.37. The van der Waals surface area contributed by atoms with Crippen molar-refractivity contribution in [2.45, 2.75) is 6.17 Å². The van der Waals surface area contributed by atoms with Crippen LogP contribution < -0.4 is 10.7 Å². The van der Waals surface area contributed by atoms with Crippen LogP contribution in [0.3, 0.4) is 0 Å². The molecule has 3 rings (SSSR count). The number of nitrogens with two attached hydrogens (primary N) is 1. The van der Waals surface area contributed by atoms with E-state index in [1.54, 1.807) is 24.3 Å². The van der Waals surface area contributed by atoms with Gasteiger partial charge in [0.25, 0.3) is 0 Å². The molecule has 1 heterocycles. The molecular formula is C19H14N6O3. The average molecular weight is 374 g/mol. The van der Waals surface area contributed by atoms with Gasteiger partial charge in [0.15, 0.2) is 5.75 Å². The third-order valence-electron chi connectivity index (χ3n) is 4.20. The molecule has 1 aliphatic rings. The molecule has 0 fully saturated rings. The number of rotatable bonds is 4. The number of nitrogens with zero attached hydrogens (tertiary/aromatic N) is 5. The first kappa shape index (κ1) is 18.6. The molecule has 0 saturated heterocycles. The smallest absolute Gasteiger partial charge is 0.311 e. The van der Waals surface area contributed by atoms with Crippen LogP contribution in [0.4, 0.5) is 11.4 Å². The first-order valence-corrected chi connectivity index (χ1v) is 8.14. The third-order valence-corrected chi connectivity index (χ3v) is 4.20. The van der Waals surface area contributed by atoms with Gasteiger partial charge in [-0.1, -0.05) is 24.3 Å². The largest absolute Gasteiger partial charge is 0.502 e. The van der Waals surface area contributed by atoms with Gasteiger partial charge in [-0.3, -0.25) is 10.1 Å². The lowest BCUT2D eigenvalue weighted by Crippen LogP contribution is -2.40. The molecule has 0 bridgehead atoms. The van der Waals surface area contributed by atoms with Crippen molar-refractivity contribution >= 4 is 23.2 Å². The number of allylic oxidation sites excluding steroid dienone is 1. The van der Waals surface area contributed by atoms with Crippen molar-refractivity contribution in [3.05, 3.63) is 69.8 Å². The molecule has 1 aliphatic heterocycles. The predicted molar refractivity (Wildman–Crippen MR) is 102 cm³/mol. The summed E-state index contributed by atoms with van der Waals surface area (Å²) in [5, 5.41) is 45.5. The Morgan fingerprint density at radius 3 is 2.61 bits per heavy atom. The average Bonchev–Trinajstić information content (AvgIpc) is 3.03. The van der Waals surface area contributed by atoms with Crippen molar-refractivity contribution in [1.29, 1.82) is 10.5 Å². The van der Waals surface area contributed by atoms with Crippen molar-refractivity contribution < 1.29 is 10.0 Å². The van der Waals surface area contributed by atoms with Crippen LogP contribution in [0.2, 0.25) is 0 Å². The number of anilines is 1. The number of nitro groups is 1. The maximum atomic E-state index is 11.0.